The lowest BCUT2D eigenvalue weighted by molar-refractivity contribution is 0.0519. The van der Waals surface area contributed by atoms with Crippen LogP contribution in [-0.4, -0.2) is 17.6 Å². The first kappa shape index (κ1) is 14.4. The van der Waals surface area contributed by atoms with Crippen LogP contribution in [0.25, 0.3) is 11.0 Å². The number of carbonyl (C=O) groups is 1. The lowest BCUT2D eigenvalue weighted by Crippen LogP contribution is -2.38. The first-order chi connectivity index (χ1) is 10.6. The van der Waals surface area contributed by atoms with Gasteiger partial charge in [-0.1, -0.05) is 48.5 Å². The van der Waals surface area contributed by atoms with Gasteiger partial charge in [0, 0.05) is 5.39 Å². The highest BCUT2D eigenvalue weighted by Crippen LogP contribution is 2.21. The van der Waals surface area contributed by atoms with Crippen LogP contribution < -0.4 is 5.32 Å². The van der Waals surface area contributed by atoms with Gasteiger partial charge < -0.3 is 14.8 Å². The molecule has 3 rings (SSSR count). The van der Waals surface area contributed by atoms with Gasteiger partial charge in [-0.3, -0.25) is 4.79 Å². The second-order valence-electron chi connectivity index (χ2n) is 5.47. The van der Waals surface area contributed by atoms with Crippen molar-refractivity contribution in [2.75, 3.05) is 6.54 Å². The second-order valence-corrected chi connectivity index (χ2v) is 5.47. The van der Waals surface area contributed by atoms with Crippen LogP contribution in [0.3, 0.4) is 0 Å². The molecular weight excluding hydrogens is 278 g/mol. The summed E-state index contributed by atoms with van der Waals surface area (Å²) < 4.78 is 5.51. The molecule has 4 heteroatoms. The zero-order chi connectivity index (χ0) is 15.6. The Bertz CT molecular complexity index is 757. The third-order valence-electron chi connectivity index (χ3n) is 3.64. The van der Waals surface area contributed by atoms with Gasteiger partial charge in [0.15, 0.2) is 5.76 Å². The average Bonchev–Trinajstić information content (AvgIpc) is 2.98. The van der Waals surface area contributed by atoms with Gasteiger partial charge in [0.2, 0.25) is 0 Å². The average molecular weight is 295 g/mol. The summed E-state index contributed by atoms with van der Waals surface area (Å²) in [6.07, 6.45) is 0. The molecule has 2 aromatic carbocycles. The summed E-state index contributed by atoms with van der Waals surface area (Å²) in [6.45, 7) is 1.77. The van der Waals surface area contributed by atoms with Crippen molar-refractivity contribution >= 4 is 16.9 Å². The van der Waals surface area contributed by atoms with Gasteiger partial charge in [-0.2, -0.15) is 0 Å². The van der Waals surface area contributed by atoms with Crippen molar-refractivity contribution in [1.82, 2.24) is 5.32 Å². The summed E-state index contributed by atoms with van der Waals surface area (Å²) in [5.74, 6) is -0.0996. The molecule has 1 atom stereocenters. The third-order valence-corrected chi connectivity index (χ3v) is 3.64. The summed E-state index contributed by atoms with van der Waals surface area (Å²) in [7, 11) is 0. The minimum Gasteiger partial charge on any atom is -0.451 e. The normalized spacial score (nSPS) is 13.7. The lowest BCUT2D eigenvalue weighted by Gasteiger charge is -2.23. The molecule has 0 bridgehead atoms. The van der Waals surface area contributed by atoms with Crippen molar-refractivity contribution < 1.29 is 14.3 Å². The Hall–Kier alpha value is -2.59. The van der Waals surface area contributed by atoms with Crippen molar-refractivity contribution in [3.05, 3.63) is 72.0 Å². The van der Waals surface area contributed by atoms with Crippen molar-refractivity contribution in [2.45, 2.75) is 12.5 Å². The van der Waals surface area contributed by atoms with E-state index < -0.39 is 5.60 Å². The number of fused-ring (bicyclic) bond motifs is 1. The van der Waals surface area contributed by atoms with Gasteiger partial charge in [0.05, 0.1) is 6.54 Å². The molecule has 0 saturated heterocycles. The third kappa shape index (κ3) is 2.87. The van der Waals surface area contributed by atoms with E-state index in [0.29, 0.717) is 5.58 Å². The van der Waals surface area contributed by atoms with E-state index in [9.17, 15) is 9.90 Å². The molecule has 3 aromatic rings. The number of carbonyl (C=O) groups excluding carboxylic acids is 1. The molecule has 0 aliphatic heterocycles. The molecule has 0 radical (unpaired) electrons. The maximum atomic E-state index is 12.2. The maximum Gasteiger partial charge on any atom is 0.287 e. The molecule has 0 unspecified atom stereocenters. The van der Waals surface area contributed by atoms with E-state index >= 15 is 0 Å². The Morgan fingerprint density at radius 1 is 1.14 bits per heavy atom. The van der Waals surface area contributed by atoms with E-state index in [1.165, 1.54) is 0 Å². The van der Waals surface area contributed by atoms with Gasteiger partial charge in [0.25, 0.3) is 5.91 Å². The summed E-state index contributed by atoms with van der Waals surface area (Å²) in [5.41, 5.74) is 0.283. The minimum absolute atomic E-state index is 0.104. The van der Waals surface area contributed by atoms with E-state index in [0.717, 1.165) is 10.9 Å². The van der Waals surface area contributed by atoms with Crippen LogP contribution in [0.5, 0.6) is 0 Å². The van der Waals surface area contributed by atoms with Crippen molar-refractivity contribution in [3.63, 3.8) is 0 Å². The van der Waals surface area contributed by atoms with Crippen LogP contribution in [0.2, 0.25) is 0 Å². The Labute approximate surface area is 128 Å². The fourth-order valence-corrected chi connectivity index (χ4v) is 2.33. The second kappa shape index (κ2) is 5.66. The minimum atomic E-state index is -1.14. The summed E-state index contributed by atoms with van der Waals surface area (Å²) >= 11 is 0. The molecule has 0 aliphatic carbocycles. The quantitative estimate of drug-likeness (QED) is 0.777. The number of furan rings is 1. The zero-order valence-corrected chi connectivity index (χ0v) is 12.2. The molecule has 0 spiro atoms. The Morgan fingerprint density at radius 2 is 1.82 bits per heavy atom. The highest BCUT2D eigenvalue weighted by atomic mass is 16.3. The van der Waals surface area contributed by atoms with E-state index in [1.807, 2.05) is 54.6 Å². The molecule has 2 N–H and O–H groups in total. The summed E-state index contributed by atoms with van der Waals surface area (Å²) in [4.78, 5) is 12.2. The molecule has 112 valence electrons. The summed E-state index contributed by atoms with van der Waals surface area (Å²) in [5, 5.41) is 14.1. The van der Waals surface area contributed by atoms with Crippen LogP contribution >= 0.6 is 0 Å². The molecule has 22 heavy (non-hydrogen) atoms. The highest BCUT2D eigenvalue weighted by molar-refractivity contribution is 5.96. The molecule has 4 nitrogen and oxygen atoms in total. The van der Waals surface area contributed by atoms with Crippen LogP contribution in [0.1, 0.15) is 23.0 Å². The lowest BCUT2D eigenvalue weighted by atomic mass is 9.96. The number of nitrogens with one attached hydrogen (secondary N) is 1. The SMILES string of the molecule is C[C@](O)(CNC(=O)c1cc2ccccc2o1)c1ccccc1. The molecule has 1 amide bonds. The predicted molar refractivity (Wildman–Crippen MR) is 84.6 cm³/mol. The van der Waals surface area contributed by atoms with Gasteiger partial charge in [-0.15, -0.1) is 0 Å². The van der Waals surface area contributed by atoms with Crippen LogP contribution in [0, 0.1) is 0 Å². The molecule has 0 fully saturated rings. The van der Waals surface area contributed by atoms with E-state index in [2.05, 4.69) is 5.32 Å². The first-order valence-electron chi connectivity index (χ1n) is 7.11. The molecular formula is C18H17NO3. The van der Waals surface area contributed by atoms with E-state index in [-0.39, 0.29) is 18.2 Å². The van der Waals surface area contributed by atoms with E-state index in [1.54, 1.807) is 13.0 Å². The fourth-order valence-electron chi connectivity index (χ4n) is 2.33. The van der Waals surface area contributed by atoms with Gasteiger partial charge >= 0.3 is 0 Å². The maximum absolute atomic E-state index is 12.2. The standard InChI is InChI=1S/C18H17NO3/c1-18(21,14-8-3-2-4-9-14)12-19-17(20)16-11-13-7-5-6-10-15(13)22-16/h2-11,21H,12H2,1H3,(H,19,20)/t18-/m0/s1. The molecule has 0 aliphatic rings. The molecule has 1 aromatic heterocycles. The van der Waals surface area contributed by atoms with Gasteiger partial charge in [-0.05, 0) is 24.6 Å². The van der Waals surface area contributed by atoms with Crippen LogP contribution in [0.15, 0.2) is 65.1 Å². The zero-order valence-electron chi connectivity index (χ0n) is 12.2. The van der Waals surface area contributed by atoms with Gasteiger partial charge in [-0.25, -0.2) is 0 Å². The highest BCUT2D eigenvalue weighted by Gasteiger charge is 2.24. The number of hydrogen-bond acceptors (Lipinski definition) is 3. The van der Waals surface area contributed by atoms with Crippen molar-refractivity contribution in [1.29, 1.82) is 0 Å². The molecule has 1 heterocycles. The first-order valence-corrected chi connectivity index (χ1v) is 7.11. The van der Waals surface area contributed by atoms with Crippen LogP contribution in [-0.2, 0) is 5.60 Å². The molecule has 0 saturated carbocycles. The topological polar surface area (TPSA) is 62.5 Å². The largest absolute Gasteiger partial charge is 0.451 e. The number of aliphatic hydroxyl groups is 1. The number of para-hydroxylation sites is 1. The summed E-state index contributed by atoms with van der Waals surface area (Å²) in [6, 6.07) is 18.4. The number of benzene rings is 2. The van der Waals surface area contributed by atoms with Crippen LogP contribution in [0.4, 0.5) is 0 Å². The fraction of sp³-hybridized carbons (Fsp3) is 0.167. The van der Waals surface area contributed by atoms with Gasteiger partial charge in [0.1, 0.15) is 11.2 Å². The number of hydrogen-bond donors (Lipinski definition) is 2. The Balaban J connectivity index is 1.72. The Morgan fingerprint density at radius 3 is 2.55 bits per heavy atom. The Kier molecular flexibility index (Phi) is 3.69. The number of rotatable bonds is 4. The van der Waals surface area contributed by atoms with Crippen molar-refractivity contribution in [2.24, 2.45) is 0 Å². The number of amides is 1. The smallest absolute Gasteiger partial charge is 0.287 e. The van der Waals surface area contributed by atoms with E-state index in [4.69, 9.17) is 4.42 Å². The van der Waals surface area contributed by atoms with Crippen molar-refractivity contribution in [3.8, 4) is 0 Å². The monoisotopic (exact) mass is 295 g/mol. The predicted octanol–water partition coefficient (Wildman–Crippen LogP) is 3.07.